The zero-order valence-corrected chi connectivity index (χ0v) is 18.6. The van der Waals surface area contributed by atoms with Crippen molar-refractivity contribution in [3.05, 3.63) is 88.4 Å². The van der Waals surface area contributed by atoms with Crippen molar-refractivity contribution in [1.29, 1.82) is 0 Å². The third-order valence-electron chi connectivity index (χ3n) is 5.46. The molecule has 0 saturated heterocycles. The van der Waals surface area contributed by atoms with Crippen molar-refractivity contribution in [3.8, 4) is 0 Å². The summed E-state index contributed by atoms with van der Waals surface area (Å²) in [5, 5.41) is 11.2. The lowest BCUT2D eigenvalue weighted by Crippen LogP contribution is -2.28. The first-order valence-electron chi connectivity index (χ1n) is 10.3. The maximum atomic E-state index is 13.5. The summed E-state index contributed by atoms with van der Waals surface area (Å²) in [6, 6.07) is 20.6. The van der Waals surface area contributed by atoms with Crippen LogP contribution in [0.2, 0.25) is 0 Å². The van der Waals surface area contributed by atoms with E-state index in [0.717, 1.165) is 42.3 Å². The van der Waals surface area contributed by atoms with Crippen LogP contribution in [0.1, 0.15) is 16.0 Å². The summed E-state index contributed by atoms with van der Waals surface area (Å²) in [5.41, 5.74) is 4.38. The number of para-hydroxylation sites is 2. The van der Waals surface area contributed by atoms with Crippen molar-refractivity contribution in [3.63, 3.8) is 0 Å². The number of aromatic nitrogens is 3. The second kappa shape index (κ2) is 9.08. The highest BCUT2D eigenvalue weighted by atomic mass is 32.2. The van der Waals surface area contributed by atoms with E-state index in [2.05, 4.69) is 39.8 Å². The van der Waals surface area contributed by atoms with Gasteiger partial charge in [0.2, 0.25) is 5.91 Å². The van der Waals surface area contributed by atoms with Crippen molar-refractivity contribution < 1.29 is 4.79 Å². The largest absolute Gasteiger partial charge is 0.308 e. The quantitative estimate of drug-likeness (QED) is 0.385. The fourth-order valence-electron chi connectivity index (χ4n) is 3.93. The smallest absolute Gasteiger partial charge is 0.242 e. The molecule has 7 heteroatoms. The van der Waals surface area contributed by atoms with Crippen LogP contribution in [-0.2, 0) is 30.6 Å². The van der Waals surface area contributed by atoms with E-state index >= 15 is 0 Å². The molecule has 2 aromatic carbocycles. The topological polar surface area (TPSA) is 51.0 Å². The Balaban J connectivity index is 1.35. The normalized spacial score (nSPS) is 12.8. The lowest BCUT2D eigenvalue weighted by Gasteiger charge is -2.24. The molecule has 5 nitrogen and oxygen atoms in total. The van der Waals surface area contributed by atoms with Gasteiger partial charge >= 0.3 is 0 Å². The number of aryl methyl sites for hydroxylation is 4. The molecule has 0 saturated carbocycles. The van der Waals surface area contributed by atoms with Crippen LogP contribution in [0.25, 0.3) is 0 Å². The number of anilines is 2. The molecule has 1 aliphatic rings. The van der Waals surface area contributed by atoms with Gasteiger partial charge in [-0.15, -0.1) is 21.5 Å². The van der Waals surface area contributed by atoms with E-state index in [1.807, 2.05) is 45.9 Å². The molecule has 3 heterocycles. The highest BCUT2D eigenvalue weighted by Crippen LogP contribution is 2.36. The lowest BCUT2D eigenvalue weighted by atomic mass is 10.0. The molecule has 1 aliphatic heterocycles. The summed E-state index contributed by atoms with van der Waals surface area (Å²) >= 11 is 3.21. The average molecular weight is 447 g/mol. The second-order valence-electron chi connectivity index (χ2n) is 7.41. The molecule has 0 aliphatic carbocycles. The van der Waals surface area contributed by atoms with Gasteiger partial charge in [-0.25, -0.2) is 0 Å². The minimum absolute atomic E-state index is 0.0552. The fraction of sp³-hybridized carbons (Fsp3) is 0.208. The third kappa shape index (κ3) is 4.29. The van der Waals surface area contributed by atoms with Crippen LogP contribution < -0.4 is 4.90 Å². The fourth-order valence-corrected chi connectivity index (χ4v) is 5.42. The van der Waals surface area contributed by atoms with Crippen molar-refractivity contribution in [2.75, 3.05) is 10.7 Å². The van der Waals surface area contributed by atoms with Gasteiger partial charge in [-0.3, -0.25) is 9.69 Å². The molecule has 0 atom stereocenters. The third-order valence-corrected chi connectivity index (χ3v) is 7.36. The Bertz CT molecular complexity index is 1140. The Morgan fingerprint density at radius 2 is 1.68 bits per heavy atom. The van der Waals surface area contributed by atoms with E-state index in [9.17, 15) is 4.79 Å². The molecule has 0 N–H and O–H groups in total. The zero-order chi connectivity index (χ0) is 21.0. The van der Waals surface area contributed by atoms with Gasteiger partial charge in [0, 0.05) is 11.4 Å². The molecular formula is C24H22N4OS2. The number of hydrogen-bond acceptors (Lipinski definition) is 5. The average Bonchev–Trinajstić information content (AvgIpc) is 3.45. The van der Waals surface area contributed by atoms with Crippen molar-refractivity contribution in [2.24, 2.45) is 0 Å². The summed E-state index contributed by atoms with van der Waals surface area (Å²) in [6.07, 6.45) is 4.54. The minimum atomic E-state index is 0.0552. The van der Waals surface area contributed by atoms with Gasteiger partial charge in [0.1, 0.15) is 6.33 Å². The monoisotopic (exact) mass is 446 g/mol. The SMILES string of the molecule is O=C(CSc1nncn1CCc1cccs1)N1c2ccccc2CCc2ccccc21. The Hall–Kier alpha value is -2.90. The minimum Gasteiger partial charge on any atom is -0.308 e. The van der Waals surface area contributed by atoms with Crippen LogP contribution in [0.5, 0.6) is 0 Å². The van der Waals surface area contributed by atoms with Gasteiger partial charge < -0.3 is 4.57 Å². The van der Waals surface area contributed by atoms with Crippen molar-refractivity contribution in [1.82, 2.24) is 14.8 Å². The van der Waals surface area contributed by atoms with Gasteiger partial charge in [0.05, 0.1) is 17.1 Å². The number of hydrogen-bond donors (Lipinski definition) is 0. The van der Waals surface area contributed by atoms with Gasteiger partial charge in [-0.2, -0.15) is 0 Å². The maximum Gasteiger partial charge on any atom is 0.242 e. The van der Waals surface area contributed by atoms with Crippen LogP contribution >= 0.6 is 23.1 Å². The lowest BCUT2D eigenvalue weighted by molar-refractivity contribution is -0.115. The number of amides is 1. The molecule has 1 amide bonds. The molecule has 0 unspecified atom stereocenters. The molecule has 0 spiro atoms. The molecular weight excluding hydrogens is 424 g/mol. The van der Waals surface area contributed by atoms with E-state index in [1.54, 1.807) is 17.7 Å². The molecule has 0 bridgehead atoms. The molecule has 5 rings (SSSR count). The summed E-state index contributed by atoms with van der Waals surface area (Å²) in [5.74, 6) is 0.361. The van der Waals surface area contributed by atoms with E-state index in [0.29, 0.717) is 5.75 Å². The van der Waals surface area contributed by atoms with E-state index in [-0.39, 0.29) is 5.91 Å². The van der Waals surface area contributed by atoms with Crippen LogP contribution in [0.4, 0.5) is 11.4 Å². The Morgan fingerprint density at radius 3 is 2.35 bits per heavy atom. The van der Waals surface area contributed by atoms with E-state index < -0.39 is 0 Å². The first-order valence-corrected chi connectivity index (χ1v) is 12.2. The number of fused-ring (bicyclic) bond motifs is 2. The molecule has 4 aromatic rings. The van der Waals surface area contributed by atoms with Crippen molar-refractivity contribution in [2.45, 2.75) is 31.0 Å². The van der Waals surface area contributed by atoms with E-state index in [4.69, 9.17) is 0 Å². The predicted octanol–water partition coefficient (Wildman–Crippen LogP) is 5.14. The Kier molecular flexibility index (Phi) is 5.86. The predicted molar refractivity (Wildman–Crippen MR) is 126 cm³/mol. The van der Waals surface area contributed by atoms with Gasteiger partial charge in [-0.05, 0) is 54.0 Å². The number of thioether (sulfide) groups is 1. The summed E-state index contributed by atoms with van der Waals surface area (Å²) < 4.78 is 2.03. The van der Waals surface area contributed by atoms with Gasteiger partial charge in [0.25, 0.3) is 0 Å². The summed E-state index contributed by atoms with van der Waals surface area (Å²) in [7, 11) is 0. The maximum absolute atomic E-state index is 13.5. The molecule has 156 valence electrons. The van der Waals surface area contributed by atoms with Crippen LogP contribution in [-0.4, -0.2) is 26.4 Å². The number of thiophene rings is 1. The standard InChI is InChI=1S/C24H22N4OS2/c29-23(16-31-24-26-25-17-27(24)14-13-20-8-5-15-30-20)28-21-9-3-1-6-18(21)11-12-19-7-2-4-10-22(19)28/h1-10,15,17H,11-14,16H2. The van der Waals surface area contributed by atoms with Crippen LogP contribution in [0.15, 0.2) is 77.5 Å². The number of rotatable bonds is 6. The van der Waals surface area contributed by atoms with Crippen LogP contribution in [0, 0.1) is 0 Å². The van der Waals surface area contributed by atoms with Crippen LogP contribution in [0.3, 0.4) is 0 Å². The molecule has 0 fully saturated rings. The molecule has 31 heavy (non-hydrogen) atoms. The molecule has 2 aromatic heterocycles. The highest BCUT2D eigenvalue weighted by Gasteiger charge is 2.25. The summed E-state index contributed by atoms with van der Waals surface area (Å²) in [4.78, 5) is 16.7. The number of nitrogens with zero attached hydrogens (tertiary/aromatic N) is 4. The highest BCUT2D eigenvalue weighted by molar-refractivity contribution is 7.99. The Morgan fingerprint density at radius 1 is 0.968 bits per heavy atom. The number of carbonyl (C=O) groups excluding carboxylic acids is 1. The van der Waals surface area contributed by atoms with Gasteiger partial charge in [-0.1, -0.05) is 54.2 Å². The van der Waals surface area contributed by atoms with Crippen molar-refractivity contribution >= 4 is 40.4 Å². The summed E-state index contributed by atoms with van der Waals surface area (Å²) in [6.45, 7) is 0.805. The number of benzene rings is 2. The first kappa shape index (κ1) is 20.0. The Labute approximate surface area is 189 Å². The number of carbonyl (C=O) groups is 1. The zero-order valence-electron chi connectivity index (χ0n) is 17.0. The first-order chi connectivity index (χ1) is 15.3. The second-order valence-corrected chi connectivity index (χ2v) is 9.39. The van der Waals surface area contributed by atoms with Gasteiger partial charge in [0.15, 0.2) is 5.16 Å². The van der Waals surface area contributed by atoms with E-state index in [1.165, 1.54) is 27.8 Å². The molecule has 0 radical (unpaired) electrons.